The number of nitrogens with zero attached hydrogens (tertiary/aromatic N) is 2. The first-order valence-corrected chi connectivity index (χ1v) is 15.2. The standard InChI is InChI=1S/C38H34BN2O3/c1-36(2)28-13-9-7-11-23(28)25-18-26-24-12-8-10-14-31(24)41(32(26)19-29(25)36)22-15-16-33-27(17-22)35-30(20-40-21-34(35)43-33)39-44-38(5,6)37(3,4)42/h7-21,42H,1-6H3. The molecule has 8 rings (SSSR count). The second kappa shape index (κ2) is 9.07. The smallest absolute Gasteiger partial charge is 0.333 e. The van der Waals surface area contributed by atoms with Crippen LogP contribution in [0.5, 0.6) is 0 Å². The molecule has 1 radical (unpaired) electrons. The van der Waals surface area contributed by atoms with E-state index in [1.165, 1.54) is 38.5 Å². The molecule has 0 atom stereocenters. The molecule has 1 N–H and O–H groups in total. The van der Waals surface area contributed by atoms with Gasteiger partial charge in [-0.2, -0.15) is 0 Å². The normalized spacial score (nSPS) is 14.5. The van der Waals surface area contributed by atoms with Gasteiger partial charge in [0.05, 0.1) is 28.4 Å². The lowest BCUT2D eigenvalue weighted by Gasteiger charge is -2.37. The number of para-hydroxylation sites is 1. The van der Waals surface area contributed by atoms with Crippen LogP contribution in [0.25, 0.3) is 60.6 Å². The number of hydrogen-bond acceptors (Lipinski definition) is 4. The molecule has 3 heterocycles. The Labute approximate surface area is 257 Å². The molecule has 0 bridgehead atoms. The molecule has 5 nitrogen and oxygen atoms in total. The second-order valence-electron chi connectivity index (χ2n) is 13.6. The highest BCUT2D eigenvalue weighted by molar-refractivity contribution is 6.52. The van der Waals surface area contributed by atoms with Crippen molar-refractivity contribution in [2.45, 2.75) is 58.2 Å². The number of benzene rings is 4. The molecule has 0 saturated carbocycles. The van der Waals surface area contributed by atoms with E-state index in [9.17, 15) is 5.11 Å². The Morgan fingerprint density at radius 3 is 2.36 bits per heavy atom. The summed E-state index contributed by atoms with van der Waals surface area (Å²) in [5, 5.41) is 15.0. The highest BCUT2D eigenvalue weighted by Gasteiger charge is 2.37. The third kappa shape index (κ3) is 3.77. The number of aliphatic hydroxyl groups is 1. The number of furan rings is 1. The highest BCUT2D eigenvalue weighted by Crippen LogP contribution is 2.51. The van der Waals surface area contributed by atoms with Gasteiger partial charge in [0.25, 0.3) is 0 Å². The molecule has 7 aromatic rings. The van der Waals surface area contributed by atoms with Crippen LogP contribution in [0.2, 0.25) is 0 Å². The van der Waals surface area contributed by atoms with Crippen LogP contribution in [0.1, 0.15) is 52.7 Å². The highest BCUT2D eigenvalue weighted by atomic mass is 16.5. The predicted molar refractivity (Wildman–Crippen MR) is 180 cm³/mol. The first kappa shape index (κ1) is 27.2. The Morgan fingerprint density at radius 2 is 1.55 bits per heavy atom. The lowest BCUT2D eigenvalue weighted by Crippen LogP contribution is -2.49. The van der Waals surface area contributed by atoms with Crippen LogP contribution in [0, 0.1) is 0 Å². The molecule has 217 valence electrons. The molecular weight excluding hydrogens is 543 g/mol. The number of rotatable bonds is 5. The summed E-state index contributed by atoms with van der Waals surface area (Å²) in [6, 6.07) is 28.6. The van der Waals surface area contributed by atoms with Crippen LogP contribution in [0.15, 0.2) is 95.7 Å². The minimum absolute atomic E-state index is 0.0965. The fraction of sp³-hybridized carbons (Fsp3) is 0.237. The quantitative estimate of drug-likeness (QED) is 0.210. The fourth-order valence-electron chi connectivity index (χ4n) is 6.77. The predicted octanol–water partition coefficient (Wildman–Crippen LogP) is 8.20. The maximum Gasteiger partial charge on any atom is 0.333 e. The summed E-state index contributed by atoms with van der Waals surface area (Å²) in [7, 11) is 1.69. The summed E-state index contributed by atoms with van der Waals surface area (Å²) < 4.78 is 14.8. The van der Waals surface area contributed by atoms with E-state index in [4.69, 9.17) is 9.07 Å². The zero-order valence-corrected chi connectivity index (χ0v) is 25.9. The summed E-state index contributed by atoms with van der Waals surface area (Å²) >= 11 is 0. The van der Waals surface area contributed by atoms with Crippen molar-refractivity contribution in [3.05, 3.63) is 102 Å². The van der Waals surface area contributed by atoms with Crippen molar-refractivity contribution in [1.29, 1.82) is 0 Å². The van der Waals surface area contributed by atoms with Crippen molar-refractivity contribution in [1.82, 2.24) is 9.55 Å². The molecule has 3 aromatic heterocycles. The van der Waals surface area contributed by atoms with Gasteiger partial charge in [0.1, 0.15) is 5.58 Å². The topological polar surface area (TPSA) is 60.4 Å². The van der Waals surface area contributed by atoms with E-state index in [0.717, 1.165) is 33.0 Å². The number of fused-ring (bicyclic) bond motifs is 9. The van der Waals surface area contributed by atoms with Gasteiger partial charge in [-0.3, -0.25) is 4.98 Å². The number of pyridine rings is 1. The minimum Gasteiger partial charge on any atom is -0.454 e. The lowest BCUT2D eigenvalue weighted by atomic mass is 9.81. The molecule has 1 aliphatic rings. The largest absolute Gasteiger partial charge is 0.454 e. The average Bonchev–Trinajstić information content (AvgIpc) is 3.60. The van der Waals surface area contributed by atoms with E-state index in [2.05, 4.69) is 96.2 Å². The molecule has 0 amide bonds. The van der Waals surface area contributed by atoms with E-state index in [-0.39, 0.29) is 5.41 Å². The molecule has 1 aliphatic carbocycles. The molecule has 6 heteroatoms. The van der Waals surface area contributed by atoms with Crippen LogP contribution in [0.3, 0.4) is 0 Å². The number of aromatic nitrogens is 2. The molecule has 0 fully saturated rings. The van der Waals surface area contributed by atoms with Crippen molar-refractivity contribution in [2.75, 3.05) is 0 Å². The van der Waals surface area contributed by atoms with Gasteiger partial charge in [-0.15, -0.1) is 0 Å². The minimum atomic E-state index is -1.04. The first-order chi connectivity index (χ1) is 21.0. The molecule has 0 spiro atoms. The van der Waals surface area contributed by atoms with Crippen LogP contribution in [-0.4, -0.2) is 33.3 Å². The van der Waals surface area contributed by atoms with Gasteiger partial charge in [0.2, 0.25) is 0 Å². The third-order valence-electron chi connectivity index (χ3n) is 9.98. The van der Waals surface area contributed by atoms with Crippen molar-refractivity contribution < 1.29 is 14.2 Å². The summed E-state index contributed by atoms with van der Waals surface area (Å²) in [6.07, 6.45) is 3.53. The Bertz CT molecular complexity index is 2280. The van der Waals surface area contributed by atoms with Gasteiger partial charge in [0, 0.05) is 38.8 Å². The van der Waals surface area contributed by atoms with Crippen LogP contribution < -0.4 is 5.46 Å². The zero-order chi connectivity index (χ0) is 30.6. The monoisotopic (exact) mass is 577 g/mol. The summed E-state index contributed by atoms with van der Waals surface area (Å²) in [6.45, 7) is 11.9. The SMILES string of the molecule is CC1(C)c2ccccc2-c2cc3c4ccccc4n(-c4ccc5oc6cncc([B]OC(C)(C)C(C)(C)O)c6c5c4)c3cc21. The van der Waals surface area contributed by atoms with Crippen molar-refractivity contribution >= 4 is 56.7 Å². The van der Waals surface area contributed by atoms with Gasteiger partial charge in [-0.1, -0.05) is 56.3 Å². The molecule has 0 aliphatic heterocycles. The van der Waals surface area contributed by atoms with E-state index < -0.39 is 11.2 Å². The van der Waals surface area contributed by atoms with Gasteiger partial charge in [-0.25, -0.2) is 0 Å². The van der Waals surface area contributed by atoms with Gasteiger partial charge in [0.15, 0.2) is 5.58 Å². The van der Waals surface area contributed by atoms with Gasteiger partial charge in [-0.05, 0) is 91.8 Å². The summed E-state index contributed by atoms with van der Waals surface area (Å²) in [5.41, 5.74) is 9.09. The third-order valence-corrected chi connectivity index (χ3v) is 9.98. The van der Waals surface area contributed by atoms with Crippen LogP contribution in [-0.2, 0) is 10.1 Å². The average molecular weight is 578 g/mol. The summed E-state index contributed by atoms with van der Waals surface area (Å²) in [4.78, 5) is 4.42. The number of hydrogen-bond donors (Lipinski definition) is 1. The Hall–Kier alpha value is -4.39. The molecule has 44 heavy (non-hydrogen) atoms. The van der Waals surface area contributed by atoms with E-state index in [0.29, 0.717) is 5.58 Å². The Morgan fingerprint density at radius 1 is 0.773 bits per heavy atom. The van der Waals surface area contributed by atoms with E-state index in [1.54, 1.807) is 33.7 Å². The van der Waals surface area contributed by atoms with E-state index >= 15 is 0 Å². The summed E-state index contributed by atoms with van der Waals surface area (Å²) in [5.74, 6) is 0. The van der Waals surface area contributed by atoms with Crippen molar-refractivity contribution in [3.8, 4) is 16.8 Å². The van der Waals surface area contributed by atoms with Crippen LogP contribution in [0.4, 0.5) is 0 Å². The molecular formula is C38H34BN2O3. The van der Waals surface area contributed by atoms with Crippen LogP contribution >= 0.6 is 0 Å². The maximum atomic E-state index is 10.6. The Balaban J connectivity index is 1.35. The van der Waals surface area contributed by atoms with Crippen molar-refractivity contribution in [2.24, 2.45) is 0 Å². The first-order valence-electron chi connectivity index (χ1n) is 15.2. The van der Waals surface area contributed by atoms with Gasteiger partial charge >= 0.3 is 7.48 Å². The van der Waals surface area contributed by atoms with Gasteiger partial charge < -0.3 is 18.7 Å². The molecule has 0 saturated heterocycles. The van der Waals surface area contributed by atoms with E-state index in [1.807, 2.05) is 19.9 Å². The molecule has 0 unspecified atom stereocenters. The van der Waals surface area contributed by atoms with Crippen molar-refractivity contribution in [3.63, 3.8) is 0 Å². The Kier molecular flexibility index (Phi) is 5.60. The zero-order valence-electron chi connectivity index (χ0n) is 25.9. The molecule has 4 aromatic carbocycles. The fourth-order valence-corrected chi connectivity index (χ4v) is 6.77. The second-order valence-corrected chi connectivity index (χ2v) is 13.6. The lowest BCUT2D eigenvalue weighted by molar-refractivity contribution is -0.0893. The maximum absolute atomic E-state index is 10.6.